The maximum Gasteiger partial charge on any atom is 0.0619 e. The normalized spacial score (nSPS) is 11.6. The van der Waals surface area contributed by atoms with E-state index >= 15 is 0 Å². The summed E-state index contributed by atoms with van der Waals surface area (Å²) < 4.78 is 2.48. The van der Waals surface area contributed by atoms with Crippen LogP contribution in [0, 0.1) is 0 Å². The topological polar surface area (TPSA) is 8.17 Å². The van der Waals surface area contributed by atoms with Crippen molar-refractivity contribution in [2.24, 2.45) is 0 Å². The number of hydrogen-bond acceptors (Lipinski definition) is 1. The average molecular weight is 771 g/mol. The second-order valence-corrected chi connectivity index (χ2v) is 16.6. The number of fused-ring (bicyclic) bond motifs is 3. The number of benzene rings is 9. The van der Waals surface area contributed by atoms with Crippen molar-refractivity contribution in [2.45, 2.75) is 26.2 Å². The van der Waals surface area contributed by atoms with E-state index in [1.807, 2.05) is 0 Å². The molecule has 0 saturated heterocycles. The minimum Gasteiger partial charge on any atom is -0.311 e. The molecule has 2 heteroatoms. The highest BCUT2D eigenvalue weighted by molar-refractivity contribution is 6.14. The number of hydrogen-bond donors (Lipinski definition) is 0. The number of para-hydroxylation sites is 3. The van der Waals surface area contributed by atoms with Crippen LogP contribution >= 0.6 is 0 Å². The Bertz CT molecular complexity index is 2980. The summed E-state index contributed by atoms with van der Waals surface area (Å²) >= 11 is 0. The summed E-state index contributed by atoms with van der Waals surface area (Å²) in [6, 6.07) is 81.6. The molecule has 1 heterocycles. The number of nitrogens with zero attached hydrogens (tertiary/aromatic N) is 2. The number of rotatable bonds is 8. The highest BCUT2D eigenvalue weighted by Gasteiger charge is 2.20. The Morgan fingerprint density at radius 1 is 0.333 bits per heavy atom. The smallest absolute Gasteiger partial charge is 0.0619 e. The van der Waals surface area contributed by atoms with Gasteiger partial charge in [-0.15, -0.1) is 0 Å². The van der Waals surface area contributed by atoms with Crippen LogP contribution in [0.25, 0.3) is 72.0 Å². The SMILES string of the molecule is CC(C)(C)c1ccc(-c2cccc3c4ccccc4n(-c4ccccc4-c4ccc(N(c5ccc(-c6ccccc6)cc5)c5ccc(-c6ccccc6)cc5)cc4)c23)cc1. The predicted octanol–water partition coefficient (Wildman–Crippen LogP) is 16.2. The maximum absolute atomic E-state index is 2.48. The van der Waals surface area contributed by atoms with Crippen molar-refractivity contribution in [2.75, 3.05) is 4.90 Å². The standard InChI is InChI=1S/C58H46N2/c1-58(2,3)47-33-25-46(26-34-47)52-21-14-22-54-53-20-11-13-24-56(53)60(57(52)54)55-23-12-10-19-51(55)45-31-39-50(40-32-45)59(48-35-27-43(28-36-48)41-15-6-4-7-16-41)49-37-29-44(30-38-49)42-17-8-5-9-18-42/h4-40H,1-3H3. The Hall–Kier alpha value is -7.42. The van der Waals surface area contributed by atoms with Gasteiger partial charge >= 0.3 is 0 Å². The monoisotopic (exact) mass is 770 g/mol. The highest BCUT2D eigenvalue weighted by atomic mass is 15.1. The van der Waals surface area contributed by atoms with Gasteiger partial charge in [-0.3, -0.25) is 0 Å². The fraction of sp³-hybridized carbons (Fsp3) is 0.0690. The molecule has 0 fully saturated rings. The van der Waals surface area contributed by atoms with Gasteiger partial charge in [0.2, 0.25) is 0 Å². The van der Waals surface area contributed by atoms with Gasteiger partial charge in [-0.2, -0.15) is 0 Å². The summed E-state index contributed by atoms with van der Waals surface area (Å²) in [5, 5.41) is 2.50. The Morgan fingerprint density at radius 3 is 1.32 bits per heavy atom. The van der Waals surface area contributed by atoms with Gasteiger partial charge in [-0.25, -0.2) is 0 Å². The third-order valence-electron chi connectivity index (χ3n) is 11.8. The van der Waals surface area contributed by atoms with Crippen molar-refractivity contribution in [3.63, 3.8) is 0 Å². The molecule has 0 bridgehead atoms. The first-order valence-corrected chi connectivity index (χ1v) is 20.8. The molecule has 9 aromatic carbocycles. The molecular weight excluding hydrogens is 725 g/mol. The van der Waals surface area contributed by atoms with Crippen molar-refractivity contribution in [1.29, 1.82) is 0 Å². The van der Waals surface area contributed by atoms with Crippen LogP contribution in [-0.2, 0) is 5.41 Å². The van der Waals surface area contributed by atoms with Crippen LogP contribution in [0.1, 0.15) is 26.3 Å². The van der Waals surface area contributed by atoms with Crippen LogP contribution in [0.3, 0.4) is 0 Å². The third kappa shape index (κ3) is 6.86. The van der Waals surface area contributed by atoms with E-state index < -0.39 is 0 Å². The van der Waals surface area contributed by atoms with Crippen molar-refractivity contribution >= 4 is 38.9 Å². The number of anilines is 3. The van der Waals surface area contributed by atoms with Gasteiger partial charge in [0, 0.05) is 39.0 Å². The lowest BCUT2D eigenvalue weighted by Gasteiger charge is -2.26. The van der Waals surface area contributed by atoms with E-state index in [0.29, 0.717) is 0 Å². The summed E-state index contributed by atoms with van der Waals surface area (Å²) in [7, 11) is 0. The lowest BCUT2D eigenvalue weighted by molar-refractivity contribution is 0.590. The van der Waals surface area contributed by atoms with Gasteiger partial charge in [0.05, 0.1) is 16.7 Å². The maximum atomic E-state index is 2.48. The van der Waals surface area contributed by atoms with E-state index in [9.17, 15) is 0 Å². The molecule has 288 valence electrons. The molecule has 10 aromatic rings. The first-order valence-electron chi connectivity index (χ1n) is 20.8. The van der Waals surface area contributed by atoms with Gasteiger partial charge < -0.3 is 9.47 Å². The lowest BCUT2D eigenvalue weighted by atomic mass is 9.86. The van der Waals surface area contributed by atoms with Crippen molar-refractivity contribution < 1.29 is 0 Å². The van der Waals surface area contributed by atoms with Crippen LogP contribution in [0.15, 0.2) is 224 Å². The van der Waals surface area contributed by atoms with E-state index in [2.05, 4.69) is 255 Å². The van der Waals surface area contributed by atoms with Crippen LogP contribution in [0.4, 0.5) is 17.1 Å². The van der Waals surface area contributed by atoms with Crippen LogP contribution in [0.2, 0.25) is 0 Å². The zero-order chi connectivity index (χ0) is 40.6. The fourth-order valence-corrected chi connectivity index (χ4v) is 8.67. The second-order valence-electron chi connectivity index (χ2n) is 16.6. The van der Waals surface area contributed by atoms with E-state index in [0.717, 1.165) is 28.3 Å². The molecule has 0 saturated carbocycles. The molecular formula is C58H46N2. The Kier molecular flexibility index (Phi) is 9.47. The molecule has 0 spiro atoms. The summed E-state index contributed by atoms with van der Waals surface area (Å²) in [4.78, 5) is 2.35. The minimum absolute atomic E-state index is 0.0882. The molecule has 0 N–H and O–H groups in total. The van der Waals surface area contributed by atoms with E-state index in [4.69, 9.17) is 0 Å². The largest absolute Gasteiger partial charge is 0.311 e. The fourth-order valence-electron chi connectivity index (χ4n) is 8.67. The lowest BCUT2D eigenvalue weighted by Crippen LogP contribution is -2.10. The quantitative estimate of drug-likeness (QED) is 0.149. The molecule has 0 atom stereocenters. The van der Waals surface area contributed by atoms with Gasteiger partial charge in [0.15, 0.2) is 0 Å². The molecule has 0 aliphatic rings. The Morgan fingerprint density at radius 2 is 0.750 bits per heavy atom. The summed E-state index contributed by atoms with van der Waals surface area (Å²) in [5.41, 5.74) is 17.9. The molecule has 0 aliphatic heterocycles. The minimum atomic E-state index is 0.0882. The second kappa shape index (κ2) is 15.4. The van der Waals surface area contributed by atoms with Gasteiger partial charge in [0.25, 0.3) is 0 Å². The van der Waals surface area contributed by atoms with Gasteiger partial charge in [-0.1, -0.05) is 197 Å². The molecule has 0 radical (unpaired) electrons. The average Bonchev–Trinajstić information content (AvgIpc) is 3.65. The first kappa shape index (κ1) is 36.9. The zero-order valence-electron chi connectivity index (χ0n) is 34.3. The van der Waals surface area contributed by atoms with Crippen LogP contribution < -0.4 is 4.90 Å². The third-order valence-corrected chi connectivity index (χ3v) is 11.8. The van der Waals surface area contributed by atoms with Gasteiger partial charge in [0.1, 0.15) is 0 Å². The van der Waals surface area contributed by atoms with Crippen LogP contribution in [-0.4, -0.2) is 4.57 Å². The Balaban J connectivity index is 1.08. The van der Waals surface area contributed by atoms with Crippen molar-refractivity contribution in [1.82, 2.24) is 4.57 Å². The molecule has 10 rings (SSSR count). The van der Waals surface area contributed by atoms with Crippen molar-refractivity contribution in [3.05, 3.63) is 230 Å². The van der Waals surface area contributed by atoms with E-state index in [-0.39, 0.29) is 5.41 Å². The number of aromatic nitrogens is 1. The van der Waals surface area contributed by atoms with Crippen LogP contribution in [0.5, 0.6) is 0 Å². The molecule has 0 amide bonds. The first-order chi connectivity index (χ1) is 29.4. The highest BCUT2D eigenvalue weighted by Crippen LogP contribution is 2.42. The molecule has 0 aliphatic carbocycles. The van der Waals surface area contributed by atoms with E-state index in [1.54, 1.807) is 0 Å². The van der Waals surface area contributed by atoms with Gasteiger partial charge in [-0.05, 0) is 92.9 Å². The summed E-state index contributed by atoms with van der Waals surface area (Å²) in [6.07, 6.45) is 0. The molecule has 1 aromatic heterocycles. The predicted molar refractivity (Wildman–Crippen MR) is 256 cm³/mol. The van der Waals surface area contributed by atoms with E-state index in [1.165, 1.54) is 66.3 Å². The summed E-state index contributed by atoms with van der Waals surface area (Å²) in [5.74, 6) is 0. The van der Waals surface area contributed by atoms with Crippen molar-refractivity contribution in [3.8, 4) is 50.2 Å². The molecule has 0 unspecified atom stereocenters. The molecule has 2 nitrogen and oxygen atoms in total. The summed E-state index contributed by atoms with van der Waals surface area (Å²) in [6.45, 7) is 6.82. The Labute approximate surface area is 353 Å². The molecule has 60 heavy (non-hydrogen) atoms. The zero-order valence-corrected chi connectivity index (χ0v) is 34.3.